The first-order chi connectivity index (χ1) is 20.3. The third kappa shape index (κ3) is 9.10. The van der Waals surface area contributed by atoms with Gasteiger partial charge in [0.25, 0.3) is 0 Å². The lowest BCUT2D eigenvalue weighted by atomic mass is 10.2. The molecule has 3 aromatic rings. The smallest absolute Gasteiger partial charge is 0.338 e. The molecule has 0 radical (unpaired) electrons. The summed E-state index contributed by atoms with van der Waals surface area (Å²) in [6.45, 7) is 8.24. The first-order valence-electron chi connectivity index (χ1n) is 14.0. The number of nitrogens with zero attached hydrogens (tertiary/aromatic N) is 3. The molecule has 1 N–H and O–H groups in total. The SMILES string of the molecule is CCOC(=O)c1ccc(NC(=O)N(CCN2CCOCC2)CC(=O)N(Cc2ccc(F)cc2)Cc2sccc2C)cc1. The number of benzene rings is 2. The van der Waals surface area contributed by atoms with Crippen molar-refractivity contribution in [3.63, 3.8) is 0 Å². The Morgan fingerprint density at radius 3 is 2.36 bits per heavy atom. The minimum Gasteiger partial charge on any atom is -0.462 e. The molecule has 1 aliphatic heterocycles. The second-order valence-corrected chi connectivity index (χ2v) is 11.0. The molecule has 0 aliphatic carbocycles. The molecule has 2 heterocycles. The zero-order valence-electron chi connectivity index (χ0n) is 24.0. The van der Waals surface area contributed by atoms with Crippen molar-refractivity contribution in [1.82, 2.24) is 14.7 Å². The molecule has 2 aromatic carbocycles. The van der Waals surface area contributed by atoms with Crippen molar-refractivity contribution in [1.29, 1.82) is 0 Å². The summed E-state index contributed by atoms with van der Waals surface area (Å²) >= 11 is 1.57. The second-order valence-electron chi connectivity index (χ2n) is 10.0. The Labute approximate surface area is 249 Å². The molecule has 0 atom stereocenters. The monoisotopic (exact) mass is 596 g/mol. The van der Waals surface area contributed by atoms with Crippen LogP contribution >= 0.6 is 11.3 Å². The minimum absolute atomic E-state index is 0.136. The Morgan fingerprint density at radius 1 is 1.00 bits per heavy atom. The maximum Gasteiger partial charge on any atom is 0.338 e. The summed E-state index contributed by atoms with van der Waals surface area (Å²) < 4.78 is 24.0. The van der Waals surface area contributed by atoms with Gasteiger partial charge in [-0.2, -0.15) is 0 Å². The van der Waals surface area contributed by atoms with Gasteiger partial charge in [0.2, 0.25) is 5.91 Å². The molecule has 1 aliphatic rings. The summed E-state index contributed by atoms with van der Waals surface area (Å²) in [5, 5.41) is 4.85. The lowest BCUT2D eigenvalue weighted by Crippen LogP contribution is -2.48. The van der Waals surface area contributed by atoms with Gasteiger partial charge in [0, 0.05) is 43.3 Å². The Hall–Kier alpha value is -3.80. The predicted molar refractivity (Wildman–Crippen MR) is 160 cm³/mol. The second kappa shape index (κ2) is 15.4. The molecule has 3 amide bonds. The molecular weight excluding hydrogens is 559 g/mol. The van der Waals surface area contributed by atoms with Gasteiger partial charge in [-0.15, -0.1) is 11.3 Å². The van der Waals surface area contributed by atoms with Crippen LogP contribution in [0.15, 0.2) is 60.0 Å². The molecule has 0 saturated carbocycles. The number of carbonyl (C=O) groups excluding carboxylic acids is 3. The molecule has 0 unspecified atom stereocenters. The minimum atomic E-state index is -0.435. The maximum absolute atomic E-state index is 13.8. The molecule has 1 fully saturated rings. The number of hydrogen-bond donors (Lipinski definition) is 1. The lowest BCUT2D eigenvalue weighted by Gasteiger charge is -2.31. The van der Waals surface area contributed by atoms with Crippen molar-refractivity contribution >= 4 is 34.9 Å². The van der Waals surface area contributed by atoms with Gasteiger partial charge in [0.1, 0.15) is 12.4 Å². The van der Waals surface area contributed by atoms with E-state index in [0.717, 1.165) is 29.1 Å². The van der Waals surface area contributed by atoms with Gasteiger partial charge in [-0.25, -0.2) is 14.0 Å². The van der Waals surface area contributed by atoms with Crippen LogP contribution in [0.3, 0.4) is 0 Å². The standard InChI is InChI=1S/C31H37FN4O5S/c1-3-41-30(38)25-6-10-27(11-7-25)33-31(39)35(14-13-34-15-17-40-18-16-34)22-29(37)36(21-28-23(2)12-19-42-28)20-24-4-8-26(32)9-5-24/h4-12,19H,3,13-18,20-22H2,1-2H3,(H,33,39). The molecule has 0 spiro atoms. The highest BCUT2D eigenvalue weighted by atomic mass is 32.1. The molecule has 9 nitrogen and oxygen atoms in total. The highest BCUT2D eigenvalue weighted by Crippen LogP contribution is 2.20. The fourth-order valence-electron chi connectivity index (χ4n) is 4.49. The van der Waals surface area contributed by atoms with Crippen molar-refractivity contribution in [2.45, 2.75) is 26.9 Å². The quantitative estimate of drug-likeness (QED) is 0.303. The highest BCUT2D eigenvalue weighted by molar-refractivity contribution is 7.10. The number of aryl methyl sites for hydroxylation is 1. The molecule has 1 aromatic heterocycles. The van der Waals surface area contributed by atoms with Crippen molar-refractivity contribution in [2.24, 2.45) is 0 Å². The van der Waals surface area contributed by atoms with Crippen LogP contribution in [0.5, 0.6) is 0 Å². The average molecular weight is 597 g/mol. The van der Waals surface area contributed by atoms with E-state index in [1.807, 2.05) is 18.4 Å². The first-order valence-corrected chi connectivity index (χ1v) is 14.9. The fraction of sp³-hybridized carbons (Fsp3) is 0.387. The van der Waals surface area contributed by atoms with Crippen LogP contribution < -0.4 is 5.32 Å². The van der Waals surface area contributed by atoms with E-state index in [4.69, 9.17) is 9.47 Å². The number of nitrogens with one attached hydrogen (secondary N) is 1. The number of urea groups is 1. The van der Waals surface area contributed by atoms with Crippen LogP contribution in [-0.4, -0.2) is 85.2 Å². The van der Waals surface area contributed by atoms with Crippen LogP contribution in [0.25, 0.3) is 0 Å². The van der Waals surface area contributed by atoms with Gasteiger partial charge in [-0.05, 0) is 72.8 Å². The Morgan fingerprint density at radius 2 is 1.71 bits per heavy atom. The van der Waals surface area contributed by atoms with Crippen LogP contribution in [0.1, 0.15) is 33.3 Å². The van der Waals surface area contributed by atoms with Crippen LogP contribution in [0.4, 0.5) is 14.9 Å². The summed E-state index contributed by atoms with van der Waals surface area (Å²) in [4.78, 5) is 45.8. The largest absolute Gasteiger partial charge is 0.462 e. The fourth-order valence-corrected chi connectivity index (χ4v) is 5.41. The van der Waals surface area contributed by atoms with E-state index in [9.17, 15) is 18.8 Å². The topological polar surface area (TPSA) is 91.4 Å². The number of anilines is 1. The number of rotatable bonds is 12. The zero-order valence-corrected chi connectivity index (χ0v) is 24.8. The first kappa shape index (κ1) is 31.1. The third-order valence-electron chi connectivity index (χ3n) is 6.99. The van der Waals surface area contributed by atoms with E-state index >= 15 is 0 Å². The lowest BCUT2D eigenvalue weighted by molar-refractivity contribution is -0.133. The highest BCUT2D eigenvalue weighted by Gasteiger charge is 2.24. The van der Waals surface area contributed by atoms with Gasteiger partial charge < -0.3 is 24.6 Å². The number of halogens is 1. The number of carbonyl (C=O) groups is 3. The molecule has 0 bridgehead atoms. The Kier molecular flexibility index (Phi) is 11.4. The van der Waals surface area contributed by atoms with Crippen molar-refractivity contribution < 1.29 is 28.2 Å². The average Bonchev–Trinajstić information content (AvgIpc) is 3.40. The van der Waals surface area contributed by atoms with Gasteiger partial charge in [0.05, 0.1) is 31.9 Å². The van der Waals surface area contributed by atoms with Gasteiger partial charge >= 0.3 is 12.0 Å². The maximum atomic E-state index is 13.8. The molecule has 42 heavy (non-hydrogen) atoms. The van der Waals surface area contributed by atoms with E-state index in [2.05, 4.69) is 10.2 Å². The molecule has 1 saturated heterocycles. The van der Waals surface area contributed by atoms with E-state index in [1.54, 1.807) is 59.6 Å². The Balaban J connectivity index is 1.50. The summed E-state index contributed by atoms with van der Waals surface area (Å²) in [6.07, 6.45) is 0. The van der Waals surface area contributed by atoms with Gasteiger partial charge in [-0.3, -0.25) is 9.69 Å². The molecule has 11 heteroatoms. The summed E-state index contributed by atoms with van der Waals surface area (Å²) in [6, 6.07) is 14.1. The van der Waals surface area contributed by atoms with E-state index < -0.39 is 12.0 Å². The Bertz CT molecular complexity index is 1330. The summed E-state index contributed by atoms with van der Waals surface area (Å²) in [7, 11) is 0. The zero-order chi connectivity index (χ0) is 29.9. The van der Waals surface area contributed by atoms with Crippen molar-refractivity contribution in [2.75, 3.05) is 57.9 Å². The summed E-state index contributed by atoms with van der Waals surface area (Å²) in [5.41, 5.74) is 2.76. The normalized spacial score (nSPS) is 13.4. The van der Waals surface area contributed by atoms with Crippen molar-refractivity contribution in [3.8, 4) is 0 Å². The van der Waals surface area contributed by atoms with Gasteiger partial charge in [-0.1, -0.05) is 12.1 Å². The number of morpholine rings is 1. The summed E-state index contributed by atoms with van der Waals surface area (Å²) in [5.74, 6) is -0.996. The van der Waals surface area contributed by atoms with Crippen molar-refractivity contribution in [3.05, 3.63) is 87.4 Å². The third-order valence-corrected chi connectivity index (χ3v) is 8.00. The molecule has 224 valence electrons. The predicted octanol–water partition coefficient (Wildman–Crippen LogP) is 4.77. The molecule has 4 rings (SSSR count). The van der Waals surface area contributed by atoms with Crippen LogP contribution in [0, 0.1) is 12.7 Å². The number of amides is 3. The van der Waals surface area contributed by atoms with E-state index in [1.165, 1.54) is 17.0 Å². The van der Waals surface area contributed by atoms with Gasteiger partial charge in [0.15, 0.2) is 0 Å². The number of thiophene rings is 1. The number of hydrogen-bond acceptors (Lipinski definition) is 7. The van der Waals surface area contributed by atoms with Crippen LogP contribution in [0.2, 0.25) is 0 Å². The van der Waals surface area contributed by atoms with E-state index in [0.29, 0.717) is 44.1 Å². The van der Waals surface area contributed by atoms with E-state index in [-0.39, 0.29) is 31.4 Å². The number of ether oxygens (including phenoxy) is 2. The van der Waals surface area contributed by atoms with Crippen LogP contribution in [-0.2, 0) is 27.4 Å². The number of esters is 1. The molecular formula is C31H37FN4O5S.